The lowest BCUT2D eigenvalue weighted by molar-refractivity contribution is -0.385. The van der Waals surface area contributed by atoms with Crippen LogP contribution in [-0.4, -0.2) is 21.2 Å². The summed E-state index contributed by atoms with van der Waals surface area (Å²) in [6.45, 7) is 3.30. The van der Waals surface area contributed by atoms with Crippen LogP contribution in [0.3, 0.4) is 0 Å². The molecule has 1 atom stereocenters. The van der Waals surface area contributed by atoms with Gasteiger partial charge in [-0.05, 0) is 25.5 Å². The van der Waals surface area contributed by atoms with Gasteiger partial charge in [-0.2, -0.15) is 0 Å². The molecule has 86 valence electrons. The number of hydrogen-bond acceptors (Lipinski definition) is 4. The van der Waals surface area contributed by atoms with E-state index in [-0.39, 0.29) is 5.69 Å². The van der Waals surface area contributed by atoms with E-state index in [0.29, 0.717) is 5.56 Å². The first-order chi connectivity index (χ1) is 7.41. The van der Waals surface area contributed by atoms with Crippen molar-refractivity contribution >= 4 is 23.4 Å². The molecular formula is C10H11NO4S. The summed E-state index contributed by atoms with van der Waals surface area (Å²) in [7, 11) is 0. The van der Waals surface area contributed by atoms with Crippen LogP contribution >= 0.6 is 11.8 Å². The van der Waals surface area contributed by atoms with E-state index in [0.717, 1.165) is 4.90 Å². The third-order valence-corrected chi connectivity index (χ3v) is 3.29. The van der Waals surface area contributed by atoms with Gasteiger partial charge in [-0.1, -0.05) is 0 Å². The van der Waals surface area contributed by atoms with Gasteiger partial charge in [0.15, 0.2) is 0 Å². The summed E-state index contributed by atoms with van der Waals surface area (Å²) in [5.41, 5.74) is 0.733. The van der Waals surface area contributed by atoms with Crippen molar-refractivity contribution in [3.63, 3.8) is 0 Å². The number of aryl methyl sites for hydroxylation is 1. The molecule has 1 aromatic rings. The standard InChI is InChI=1S/C10H11NO4S/c1-6-5-8(11(14)15)3-4-9(6)16-7(2)10(12)13/h3-5,7H,1-2H3,(H,12,13). The third kappa shape index (κ3) is 2.96. The first-order valence-corrected chi connectivity index (χ1v) is 5.44. The second kappa shape index (κ2) is 4.98. The number of carboxylic acid groups (broad SMARTS) is 1. The Morgan fingerprint density at radius 1 is 1.56 bits per heavy atom. The molecule has 0 saturated carbocycles. The molecule has 16 heavy (non-hydrogen) atoms. The molecule has 0 spiro atoms. The number of nitro groups is 1. The minimum absolute atomic E-state index is 0.0184. The Hall–Kier alpha value is -1.56. The Morgan fingerprint density at radius 2 is 2.19 bits per heavy atom. The van der Waals surface area contributed by atoms with Crippen molar-refractivity contribution in [2.75, 3.05) is 0 Å². The number of hydrogen-bond donors (Lipinski definition) is 1. The Labute approximate surface area is 96.6 Å². The largest absolute Gasteiger partial charge is 0.480 e. The zero-order chi connectivity index (χ0) is 12.3. The number of benzene rings is 1. The van der Waals surface area contributed by atoms with Crippen LogP contribution in [0, 0.1) is 17.0 Å². The summed E-state index contributed by atoms with van der Waals surface area (Å²) >= 11 is 1.18. The van der Waals surface area contributed by atoms with Gasteiger partial charge in [-0.25, -0.2) is 0 Å². The summed E-state index contributed by atoms with van der Waals surface area (Å²) in [6, 6.07) is 4.40. The van der Waals surface area contributed by atoms with Crippen LogP contribution in [0.5, 0.6) is 0 Å². The maximum Gasteiger partial charge on any atom is 0.316 e. The van der Waals surface area contributed by atoms with Crippen molar-refractivity contribution in [1.29, 1.82) is 0 Å². The predicted molar refractivity (Wildman–Crippen MR) is 60.8 cm³/mol. The fourth-order valence-corrected chi connectivity index (χ4v) is 1.99. The van der Waals surface area contributed by atoms with E-state index in [2.05, 4.69) is 0 Å². The monoisotopic (exact) mass is 241 g/mol. The van der Waals surface area contributed by atoms with Gasteiger partial charge in [0.05, 0.1) is 4.92 Å². The molecule has 0 aliphatic heterocycles. The highest BCUT2D eigenvalue weighted by atomic mass is 32.2. The lowest BCUT2D eigenvalue weighted by Gasteiger charge is -2.08. The van der Waals surface area contributed by atoms with Crippen LogP contribution in [-0.2, 0) is 4.79 Å². The molecule has 0 aromatic heterocycles. The van der Waals surface area contributed by atoms with Crippen molar-refractivity contribution in [2.45, 2.75) is 24.0 Å². The molecule has 0 amide bonds. The van der Waals surface area contributed by atoms with Gasteiger partial charge >= 0.3 is 5.97 Å². The molecule has 1 aromatic carbocycles. The number of carbonyl (C=O) groups is 1. The molecule has 1 rings (SSSR count). The van der Waals surface area contributed by atoms with E-state index in [1.807, 2.05) is 0 Å². The lowest BCUT2D eigenvalue weighted by atomic mass is 10.2. The molecular weight excluding hydrogens is 230 g/mol. The van der Waals surface area contributed by atoms with Crippen LogP contribution in [0.25, 0.3) is 0 Å². The fourth-order valence-electron chi connectivity index (χ4n) is 1.12. The SMILES string of the molecule is Cc1cc([N+](=O)[O-])ccc1SC(C)C(=O)O. The topological polar surface area (TPSA) is 80.4 Å². The van der Waals surface area contributed by atoms with Crippen LogP contribution in [0.4, 0.5) is 5.69 Å². The number of nitrogens with zero attached hydrogens (tertiary/aromatic N) is 1. The summed E-state index contributed by atoms with van der Waals surface area (Å²) in [4.78, 5) is 21.4. The van der Waals surface area contributed by atoms with Gasteiger partial charge in [-0.15, -0.1) is 11.8 Å². The van der Waals surface area contributed by atoms with Crippen LogP contribution in [0.15, 0.2) is 23.1 Å². The first kappa shape index (κ1) is 12.5. The molecule has 0 aliphatic carbocycles. The number of non-ortho nitro benzene ring substituents is 1. The lowest BCUT2D eigenvalue weighted by Crippen LogP contribution is -2.11. The zero-order valence-corrected chi connectivity index (χ0v) is 9.65. The number of carboxylic acids is 1. The molecule has 5 nitrogen and oxygen atoms in total. The van der Waals surface area contributed by atoms with Gasteiger partial charge in [-0.3, -0.25) is 14.9 Å². The maximum absolute atomic E-state index is 10.7. The molecule has 0 saturated heterocycles. The Balaban J connectivity index is 2.91. The third-order valence-electron chi connectivity index (χ3n) is 2.02. The van der Waals surface area contributed by atoms with Gasteiger partial charge in [0.25, 0.3) is 5.69 Å². The maximum atomic E-state index is 10.7. The minimum atomic E-state index is -0.900. The Kier molecular flexibility index (Phi) is 3.89. The highest BCUT2D eigenvalue weighted by Crippen LogP contribution is 2.29. The summed E-state index contributed by atoms with van der Waals surface area (Å²) in [5.74, 6) is -0.900. The number of nitro benzene ring substituents is 1. The smallest absolute Gasteiger partial charge is 0.316 e. The van der Waals surface area contributed by atoms with Crippen molar-refractivity contribution < 1.29 is 14.8 Å². The highest BCUT2D eigenvalue weighted by molar-refractivity contribution is 8.00. The first-order valence-electron chi connectivity index (χ1n) is 4.56. The molecule has 0 bridgehead atoms. The molecule has 0 aliphatic rings. The molecule has 1 N–H and O–H groups in total. The highest BCUT2D eigenvalue weighted by Gasteiger charge is 2.15. The molecule has 0 heterocycles. The van der Waals surface area contributed by atoms with E-state index < -0.39 is 16.1 Å². The average molecular weight is 241 g/mol. The van der Waals surface area contributed by atoms with Crippen molar-refractivity contribution in [3.8, 4) is 0 Å². The van der Waals surface area contributed by atoms with E-state index in [1.165, 1.54) is 23.9 Å². The molecule has 1 unspecified atom stereocenters. The van der Waals surface area contributed by atoms with E-state index >= 15 is 0 Å². The van der Waals surface area contributed by atoms with Gasteiger partial charge < -0.3 is 5.11 Å². The van der Waals surface area contributed by atoms with Gasteiger partial charge in [0, 0.05) is 17.0 Å². The molecule has 0 fully saturated rings. The van der Waals surface area contributed by atoms with E-state index in [1.54, 1.807) is 19.9 Å². The summed E-state index contributed by atoms with van der Waals surface area (Å²) < 4.78 is 0. The summed E-state index contributed by atoms with van der Waals surface area (Å²) in [6.07, 6.45) is 0. The minimum Gasteiger partial charge on any atom is -0.480 e. The van der Waals surface area contributed by atoms with Crippen LogP contribution < -0.4 is 0 Å². The second-order valence-corrected chi connectivity index (χ2v) is 4.69. The Bertz CT molecular complexity index is 433. The van der Waals surface area contributed by atoms with Crippen molar-refractivity contribution in [2.24, 2.45) is 0 Å². The van der Waals surface area contributed by atoms with Crippen LogP contribution in [0.1, 0.15) is 12.5 Å². The summed E-state index contributed by atoms with van der Waals surface area (Å²) in [5, 5.41) is 18.7. The predicted octanol–water partition coefficient (Wildman–Crippen LogP) is 2.47. The van der Waals surface area contributed by atoms with Crippen molar-refractivity contribution in [1.82, 2.24) is 0 Å². The fraction of sp³-hybridized carbons (Fsp3) is 0.300. The van der Waals surface area contributed by atoms with Crippen LogP contribution in [0.2, 0.25) is 0 Å². The number of aliphatic carboxylic acids is 1. The van der Waals surface area contributed by atoms with E-state index in [4.69, 9.17) is 5.11 Å². The van der Waals surface area contributed by atoms with Crippen molar-refractivity contribution in [3.05, 3.63) is 33.9 Å². The second-order valence-electron chi connectivity index (χ2n) is 3.31. The number of thioether (sulfide) groups is 1. The molecule has 0 radical (unpaired) electrons. The van der Waals surface area contributed by atoms with Gasteiger partial charge in [0.1, 0.15) is 5.25 Å². The van der Waals surface area contributed by atoms with Gasteiger partial charge in [0.2, 0.25) is 0 Å². The average Bonchev–Trinajstić information content (AvgIpc) is 2.20. The Morgan fingerprint density at radius 3 is 2.62 bits per heavy atom. The quantitative estimate of drug-likeness (QED) is 0.497. The van der Waals surface area contributed by atoms with E-state index in [9.17, 15) is 14.9 Å². The zero-order valence-electron chi connectivity index (χ0n) is 8.84. The number of rotatable bonds is 4. The molecule has 6 heteroatoms. The normalized spacial score (nSPS) is 12.1.